The molecule has 0 bridgehead atoms. The fourth-order valence-electron chi connectivity index (χ4n) is 5.09. The van der Waals surface area contributed by atoms with E-state index < -0.39 is 12.0 Å². The van der Waals surface area contributed by atoms with Crippen molar-refractivity contribution in [2.45, 2.75) is 38.0 Å². The molecule has 4 atom stereocenters. The largest absolute Gasteiger partial charge is 0.393 e. The van der Waals surface area contributed by atoms with Gasteiger partial charge in [-0.1, -0.05) is 42.5 Å². The van der Waals surface area contributed by atoms with Gasteiger partial charge in [0.2, 0.25) is 11.8 Å². The summed E-state index contributed by atoms with van der Waals surface area (Å²) in [6.45, 7) is 2.22. The van der Waals surface area contributed by atoms with Crippen LogP contribution in [0.3, 0.4) is 0 Å². The van der Waals surface area contributed by atoms with Gasteiger partial charge >= 0.3 is 0 Å². The predicted molar refractivity (Wildman–Crippen MR) is 118 cm³/mol. The van der Waals surface area contributed by atoms with Gasteiger partial charge in [0.1, 0.15) is 6.61 Å². The van der Waals surface area contributed by atoms with E-state index in [-0.39, 0.29) is 30.5 Å². The van der Waals surface area contributed by atoms with Gasteiger partial charge in [0.25, 0.3) is 0 Å². The highest BCUT2D eigenvalue weighted by atomic mass is 16.5. The van der Waals surface area contributed by atoms with E-state index in [9.17, 15) is 14.7 Å². The minimum absolute atomic E-state index is 0.0448. The lowest BCUT2D eigenvalue weighted by Crippen LogP contribution is -2.60. The molecule has 4 rings (SSSR count). The maximum absolute atomic E-state index is 13.5. The Hall–Kier alpha value is -2.70. The van der Waals surface area contributed by atoms with Gasteiger partial charge in [0, 0.05) is 26.7 Å². The lowest BCUT2D eigenvalue weighted by atomic mass is 9.77. The van der Waals surface area contributed by atoms with Crippen LogP contribution in [0.4, 0.5) is 0 Å². The van der Waals surface area contributed by atoms with Gasteiger partial charge in [0.15, 0.2) is 0 Å². The summed E-state index contributed by atoms with van der Waals surface area (Å²) in [6, 6.07) is 16.2. The van der Waals surface area contributed by atoms with Gasteiger partial charge in [-0.2, -0.15) is 0 Å². The molecule has 6 heteroatoms. The van der Waals surface area contributed by atoms with Crippen LogP contribution in [0.15, 0.2) is 48.5 Å². The van der Waals surface area contributed by atoms with Gasteiger partial charge in [-0.05, 0) is 48.1 Å². The average Bonchev–Trinajstić information content (AvgIpc) is 2.78. The van der Waals surface area contributed by atoms with Crippen LogP contribution in [0, 0.1) is 5.92 Å². The molecular weight excluding hydrogens is 392 g/mol. The third-order valence-corrected chi connectivity index (χ3v) is 6.74. The number of methoxy groups -OCH3 is 1. The maximum atomic E-state index is 13.5. The molecule has 2 amide bonds. The summed E-state index contributed by atoms with van der Waals surface area (Å²) in [5.74, 6) is -0.904. The van der Waals surface area contributed by atoms with Crippen molar-refractivity contribution < 1.29 is 19.4 Å². The van der Waals surface area contributed by atoms with Crippen molar-refractivity contribution in [3.8, 4) is 11.1 Å². The topological polar surface area (TPSA) is 70.1 Å². The Labute approximate surface area is 183 Å². The Bertz CT molecular complexity index is 959. The number of hydrogen-bond donors (Lipinski definition) is 1. The summed E-state index contributed by atoms with van der Waals surface area (Å²) in [4.78, 5) is 29.5. The molecule has 0 unspecified atom stereocenters. The first-order valence-electron chi connectivity index (χ1n) is 10.8. The first-order chi connectivity index (χ1) is 14.9. The smallest absolute Gasteiger partial charge is 0.248 e. The van der Waals surface area contributed by atoms with Crippen molar-refractivity contribution in [2.24, 2.45) is 5.92 Å². The zero-order valence-electron chi connectivity index (χ0n) is 18.3. The Balaban J connectivity index is 1.72. The van der Waals surface area contributed by atoms with Crippen molar-refractivity contribution in [1.29, 1.82) is 0 Å². The lowest BCUT2D eigenvalue weighted by Gasteiger charge is -2.49. The van der Waals surface area contributed by atoms with Crippen LogP contribution in [0.2, 0.25) is 0 Å². The van der Waals surface area contributed by atoms with Crippen molar-refractivity contribution in [3.05, 3.63) is 59.7 Å². The van der Waals surface area contributed by atoms with Crippen LogP contribution >= 0.6 is 0 Å². The minimum atomic E-state index is -0.840. The van der Waals surface area contributed by atoms with E-state index in [2.05, 4.69) is 30.3 Å². The highest BCUT2D eigenvalue weighted by Gasteiger charge is 2.48. The monoisotopic (exact) mass is 422 g/mol. The fraction of sp³-hybridized carbons (Fsp3) is 0.440. The second kappa shape index (κ2) is 8.81. The molecular formula is C25H30N2O4. The second-order valence-corrected chi connectivity index (χ2v) is 8.58. The maximum Gasteiger partial charge on any atom is 0.248 e. The molecule has 164 valence electrons. The number of amides is 2. The summed E-state index contributed by atoms with van der Waals surface area (Å²) in [5.41, 5.74) is 4.64. The number of ether oxygens (including phenoxy) is 1. The number of aliphatic hydroxyl groups excluding tert-OH is 1. The van der Waals surface area contributed by atoms with E-state index in [0.717, 1.165) is 23.1 Å². The first kappa shape index (κ1) is 21.5. The predicted octanol–water partition coefficient (Wildman–Crippen LogP) is 2.65. The molecule has 2 aromatic rings. The lowest BCUT2D eigenvalue weighted by molar-refractivity contribution is -0.156. The summed E-state index contributed by atoms with van der Waals surface area (Å²) in [7, 11) is 3.18. The highest BCUT2D eigenvalue weighted by molar-refractivity contribution is 5.84. The van der Waals surface area contributed by atoms with E-state index in [1.807, 2.05) is 23.1 Å². The number of piperidine rings is 1. The number of carbonyl (C=O) groups is 2. The van der Waals surface area contributed by atoms with Crippen LogP contribution < -0.4 is 0 Å². The number of likely N-dealkylation sites (N-methyl/N-ethyl adjacent to an activating group) is 1. The van der Waals surface area contributed by atoms with Gasteiger partial charge in [0.05, 0.1) is 18.1 Å². The second-order valence-electron chi connectivity index (χ2n) is 8.58. The number of fused-ring (bicyclic) bond motifs is 3. The zero-order valence-corrected chi connectivity index (χ0v) is 18.3. The number of hydrogen-bond acceptors (Lipinski definition) is 4. The van der Waals surface area contributed by atoms with Crippen molar-refractivity contribution in [3.63, 3.8) is 0 Å². The molecule has 31 heavy (non-hydrogen) atoms. The first-order valence-corrected chi connectivity index (χ1v) is 10.8. The number of nitrogens with zero attached hydrogens (tertiary/aromatic N) is 2. The average molecular weight is 423 g/mol. The molecule has 2 heterocycles. The normalized spacial score (nSPS) is 23.7. The Kier molecular flexibility index (Phi) is 6.12. The SMILES string of the molecule is COCC(=O)N(C)[C@H]1C[C@H]2c3cc(-c4ccccc4)ccc3CCN2C(=O)[C@H]1[C@H](C)O. The molecule has 0 aromatic heterocycles. The van der Waals surface area contributed by atoms with Crippen LogP contribution in [-0.2, 0) is 20.7 Å². The fourth-order valence-corrected chi connectivity index (χ4v) is 5.09. The van der Waals surface area contributed by atoms with Gasteiger partial charge in [-0.25, -0.2) is 0 Å². The quantitative estimate of drug-likeness (QED) is 0.804. The van der Waals surface area contributed by atoms with E-state index in [0.29, 0.717) is 13.0 Å². The van der Waals surface area contributed by atoms with Crippen LogP contribution in [0.1, 0.15) is 30.5 Å². The standard InChI is InChI=1S/C25H30N2O4/c1-16(28)24-22(26(2)23(29)15-31-3)14-21-20-13-19(17-7-5-4-6-8-17)10-9-18(20)11-12-27(21)25(24)30/h4-10,13,16,21-22,24,28H,11-12,14-15H2,1-3H3/t16-,21-,22-,24-/m0/s1. The van der Waals surface area contributed by atoms with Crippen LogP contribution in [0.25, 0.3) is 11.1 Å². The highest BCUT2D eigenvalue weighted by Crippen LogP contribution is 2.42. The summed E-state index contributed by atoms with van der Waals surface area (Å²) in [6.07, 6.45) is 0.550. The van der Waals surface area contributed by atoms with E-state index in [1.165, 1.54) is 12.7 Å². The molecule has 2 aliphatic heterocycles. The van der Waals surface area contributed by atoms with Crippen molar-refractivity contribution in [1.82, 2.24) is 9.80 Å². The van der Waals surface area contributed by atoms with E-state index >= 15 is 0 Å². The van der Waals surface area contributed by atoms with Gasteiger partial charge in [-0.15, -0.1) is 0 Å². The summed E-state index contributed by atoms with van der Waals surface area (Å²) < 4.78 is 5.02. The molecule has 0 aliphatic carbocycles. The van der Waals surface area contributed by atoms with Crippen LogP contribution in [0.5, 0.6) is 0 Å². The molecule has 1 N–H and O–H groups in total. The minimum Gasteiger partial charge on any atom is -0.393 e. The molecule has 1 saturated heterocycles. The molecule has 0 radical (unpaired) electrons. The third kappa shape index (κ3) is 3.98. The zero-order chi connectivity index (χ0) is 22.1. The van der Waals surface area contributed by atoms with Gasteiger partial charge < -0.3 is 19.6 Å². The Morgan fingerprint density at radius 3 is 2.65 bits per heavy atom. The number of aliphatic hydroxyl groups is 1. The molecule has 2 aromatic carbocycles. The van der Waals surface area contributed by atoms with Gasteiger partial charge in [-0.3, -0.25) is 9.59 Å². The van der Waals surface area contributed by atoms with E-state index in [4.69, 9.17) is 4.74 Å². The number of rotatable bonds is 5. The number of benzene rings is 2. The number of carbonyl (C=O) groups excluding carboxylic acids is 2. The van der Waals surface area contributed by atoms with E-state index in [1.54, 1.807) is 18.9 Å². The molecule has 1 fully saturated rings. The summed E-state index contributed by atoms with van der Waals surface area (Å²) in [5, 5.41) is 10.4. The molecule has 6 nitrogen and oxygen atoms in total. The Morgan fingerprint density at radius 2 is 1.97 bits per heavy atom. The van der Waals surface area contributed by atoms with Crippen LogP contribution in [-0.4, -0.2) is 66.2 Å². The summed E-state index contributed by atoms with van der Waals surface area (Å²) >= 11 is 0. The third-order valence-electron chi connectivity index (χ3n) is 6.74. The molecule has 0 spiro atoms. The molecule has 2 aliphatic rings. The Morgan fingerprint density at radius 1 is 1.23 bits per heavy atom. The molecule has 0 saturated carbocycles. The van der Waals surface area contributed by atoms with Crippen molar-refractivity contribution >= 4 is 11.8 Å². The van der Waals surface area contributed by atoms with Crippen molar-refractivity contribution in [2.75, 3.05) is 27.3 Å².